The molecule has 0 amide bonds. The van der Waals surface area contributed by atoms with Gasteiger partial charge in [-0.15, -0.1) is 0 Å². The van der Waals surface area contributed by atoms with Crippen molar-refractivity contribution in [2.75, 3.05) is 0 Å². The molecule has 0 bridgehead atoms. The zero-order valence-electron chi connectivity index (χ0n) is 5.15. The molecule has 0 atom stereocenters. The van der Waals surface area contributed by atoms with Crippen LogP contribution in [-0.4, -0.2) is 3.18 Å². The van der Waals surface area contributed by atoms with Gasteiger partial charge in [-0.2, -0.15) is 0 Å². The van der Waals surface area contributed by atoms with Crippen molar-refractivity contribution in [2.45, 2.75) is 0 Å². The molecule has 10 heavy (non-hydrogen) atoms. The Balaban J connectivity index is 2.67. The van der Waals surface area contributed by atoms with Crippen LogP contribution < -0.4 is 2.81 Å². The van der Waals surface area contributed by atoms with Crippen LogP contribution in [0.25, 0.3) is 0 Å². The van der Waals surface area contributed by atoms with Crippen molar-refractivity contribution in [1.29, 1.82) is 0 Å². The summed E-state index contributed by atoms with van der Waals surface area (Å²) < 4.78 is 23.3. The van der Waals surface area contributed by atoms with Gasteiger partial charge in [0.15, 0.2) is 0 Å². The van der Waals surface area contributed by atoms with Gasteiger partial charge >= 0.3 is 67.5 Å². The van der Waals surface area contributed by atoms with Crippen LogP contribution in [0.3, 0.4) is 0 Å². The van der Waals surface area contributed by atoms with Gasteiger partial charge in [-0.3, -0.25) is 0 Å². The van der Waals surface area contributed by atoms with Gasteiger partial charge in [0.2, 0.25) is 0 Å². The minimum absolute atomic E-state index is 0.467. The van der Waals surface area contributed by atoms with E-state index in [1.165, 1.54) is 0 Å². The molecule has 0 saturated carbocycles. The number of benzene rings is 1. The number of hydrogen-bond acceptors (Lipinski definition) is 2. The van der Waals surface area contributed by atoms with Gasteiger partial charge in [0.1, 0.15) is 0 Å². The van der Waals surface area contributed by atoms with E-state index in [1.54, 1.807) is 24.3 Å². The Morgan fingerprint density at radius 2 is 1.90 bits per heavy atom. The third-order valence-corrected chi connectivity index (χ3v) is 1.96. The van der Waals surface area contributed by atoms with Crippen molar-refractivity contribution in [2.24, 2.45) is 0 Å². The van der Waals surface area contributed by atoms with Gasteiger partial charge in [-0.05, 0) is 0 Å². The maximum atomic E-state index is 10.2. The first-order chi connectivity index (χ1) is 4.79. The quantitative estimate of drug-likeness (QED) is 0.799. The molecule has 1 aromatic carbocycles. The van der Waals surface area contributed by atoms with Crippen molar-refractivity contribution in [3.05, 3.63) is 30.3 Å². The average molecular weight is 217 g/mol. The van der Waals surface area contributed by atoms with Crippen molar-refractivity contribution in [3.63, 3.8) is 0 Å². The van der Waals surface area contributed by atoms with Crippen LogP contribution >= 0.6 is 0 Å². The van der Waals surface area contributed by atoms with Crippen LogP contribution in [0.2, 0.25) is 0 Å². The van der Waals surface area contributed by atoms with Gasteiger partial charge in [0.25, 0.3) is 0 Å². The van der Waals surface area contributed by atoms with Crippen LogP contribution in [0.1, 0.15) is 0 Å². The molecule has 0 radical (unpaired) electrons. The second-order valence-corrected chi connectivity index (χ2v) is 3.49. The summed E-state index contributed by atoms with van der Waals surface area (Å²) in [6.45, 7) is 0. The Morgan fingerprint density at radius 3 is 2.40 bits per heavy atom. The zero-order chi connectivity index (χ0) is 7.40. The van der Waals surface area contributed by atoms with Gasteiger partial charge in [-0.25, -0.2) is 0 Å². The molecular weight excluding hydrogens is 211 g/mol. The SMILES string of the molecule is [O]=[Zr]([OH])[O]c1ccccc1. The molecule has 4 heteroatoms. The van der Waals surface area contributed by atoms with Crippen molar-refractivity contribution < 1.29 is 31.4 Å². The molecular formula is C6H6O3Zr. The van der Waals surface area contributed by atoms with Crippen molar-refractivity contribution in [1.82, 2.24) is 0 Å². The number of para-hydroxylation sites is 1. The van der Waals surface area contributed by atoms with E-state index >= 15 is 0 Å². The van der Waals surface area contributed by atoms with E-state index in [-0.39, 0.29) is 0 Å². The van der Waals surface area contributed by atoms with E-state index in [2.05, 4.69) is 2.81 Å². The molecule has 52 valence electrons. The third-order valence-electron chi connectivity index (χ3n) is 0.948. The normalized spacial score (nSPS) is 8.90. The predicted molar refractivity (Wildman–Crippen MR) is 30.0 cm³/mol. The summed E-state index contributed by atoms with van der Waals surface area (Å²) in [5.74, 6) is 0.467. The number of hydrogen-bond donors (Lipinski definition) is 1. The molecule has 0 fully saturated rings. The topological polar surface area (TPSA) is 46.5 Å². The first-order valence-electron chi connectivity index (χ1n) is 2.75. The fourth-order valence-corrected chi connectivity index (χ4v) is 1.42. The second kappa shape index (κ2) is 3.74. The Morgan fingerprint density at radius 1 is 1.30 bits per heavy atom. The fraction of sp³-hybridized carbons (Fsp3) is 0. The van der Waals surface area contributed by atoms with Crippen LogP contribution in [-0.2, 0) is 25.4 Å². The molecule has 0 aliphatic rings. The first-order valence-corrected chi connectivity index (χ1v) is 5.85. The second-order valence-electron chi connectivity index (χ2n) is 1.68. The monoisotopic (exact) mass is 216 g/mol. The Labute approximate surface area is 67.6 Å². The van der Waals surface area contributed by atoms with Crippen molar-refractivity contribution in [3.8, 4) is 5.75 Å². The van der Waals surface area contributed by atoms with E-state index in [1.807, 2.05) is 6.07 Å². The van der Waals surface area contributed by atoms with E-state index < -0.39 is 22.6 Å². The molecule has 1 aromatic rings. The molecule has 0 saturated heterocycles. The Bertz CT molecular complexity index is 222. The fourth-order valence-electron chi connectivity index (χ4n) is 0.589. The molecule has 1 rings (SSSR count). The molecule has 0 unspecified atom stereocenters. The average Bonchev–Trinajstić information content (AvgIpc) is 1.88. The Kier molecular flexibility index (Phi) is 2.90. The molecule has 3 nitrogen and oxygen atoms in total. The minimum atomic E-state index is -3.63. The van der Waals surface area contributed by atoms with Crippen LogP contribution in [0.15, 0.2) is 30.3 Å². The molecule has 0 aliphatic heterocycles. The molecule has 0 heterocycles. The van der Waals surface area contributed by atoms with E-state index in [0.717, 1.165) is 0 Å². The van der Waals surface area contributed by atoms with Crippen molar-refractivity contribution >= 4 is 0 Å². The van der Waals surface area contributed by atoms with E-state index in [4.69, 9.17) is 3.18 Å². The zero-order valence-corrected chi connectivity index (χ0v) is 7.61. The van der Waals surface area contributed by atoms with Crippen LogP contribution in [0, 0.1) is 0 Å². The van der Waals surface area contributed by atoms with Gasteiger partial charge in [-0.1, -0.05) is 0 Å². The summed E-state index contributed by atoms with van der Waals surface area (Å²) in [6.07, 6.45) is 0. The summed E-state index contributed by atoms with van der Waals surface area (Å²) in [4.78, 5) is 0. The third kappa shape index (κ3) is 2.50. The Hall–Kier alpha value is -0.337. The van der Waals surface area contributed by atoms with Gasteiger partial charge in [0, 0.05) is 0 Å². The summed E-state index contributed by atoms with van der Waals surface area (Å²) in [5.41, 5.74) is 0. The summed E-state index contributed by atoms with van der Waals surface area (Å²) in [6, 6.07) is 8.62. The molecule has 0 aromatic heterocycles. The first kappa shape index (κ1) is 7.77. The van der Waals surface area contributed by atoms with Gasteiger partial charge < -0.3 is 0 Å². The van der Waals surface area contributed by atoms with E-state index in [9.17, 15) is 2.81 Å². The summed E-state index contributed by atoms with van der Waals surface area (Å²) >= 11 is -3.63. The summed E-state index contributed by atoms with van der Waals surface area (Å²) in [5, 5.41) is 0. The predicted octanol–water partition coefficient (Wildman–Crippen LogP) is 0.851. The van der Waals surface area contributed by atoms with E-state index in [0.29, 0.717) is 5.75 Å². The van der Waals surface area contributed by atoms with Crippen LogP contribution in [0.5, 0.6) is 5.75 Å². The molecule has 0 spiro atoms. The standard InChI is InChI=1S/C6H6O.H2O.O.Zr/c7-6-4-2-1-3-5-6;;;/h1-5,7H;1H2;;/q;;;+2/p-2. The maximum absolute atomic E-state index is 10.2. The number of rotatable bonds is 2. The molecule has 0 aliphatic carbocycles. The molecule has 1 N–H and O–H groups in total. The van der Waals surface area contributed by atoms with Crippen LogP contribution in [0.4, 0.5) is 0 Å². The summed E-state index contributed by atoms with van der Waals surface area (Å²) in [7, 11) is 0. The van der Waals surface area contributed by atoms with Gasteiger partial charge in [0.05, 0.1) is 0 Å².